The molecule has 0 spiro atoms. The van der Waals surface area contributed by atoms with Crippen molar-refractivity contribution in [2.75, 3.05) is 0 Å². The van der Waals surface area contributed by atoms with Gasteiger partial charge >= 0.3 is 0 Å². The standard InChI is InChI=1S/C16H23NO/c1-4-5-15(11-17)16(18)14-8-6-13(7-9-14)10-12(2)3/h6-9,12,15-16,18H,4-5,10H2,1-3H3. The van der Waals surface area contributed by atoms with E-state index in [0.29, 0.717) is 5.92 Å². The summed E-state index contributed by atoms with van der Waals surface area (Å²) in [6.07, 6.45) is 2.04. The fraction of sp³-hybridized carbons (Fsp3) is 0.562. The van der Waals surface area contributed by atoms with E-state index in [9.17, 15) is 5.11 Å². The average molecular weight is 245 g/mol. The minimum Gasteiger partial charge on any atom is -0.387 e. The Labute approximate surface area is 110 Å². The Bertz CT molecular complexity index is 389. The lowest BCUT2D eigenvalue weighted by Crippen LogP contribution is -2.10. The largest absolute Gasteiger partial charge is 0.387 e. The van der Waals surface area contributed by atoms with E-state index in [1.807, 2.05) is 19.1 Å². The fourth-order valence-corrected chi connectivity index (χ4v) is 2.16. The Balaban J connectivity index is 2.75. The molecule has 98 valence electrons. The molecule has 18 heavy (non-hydrogen) atoms. The summed E-state index contributed by atoms with van der Waals surface area (Å²) in [5.41, 5.74) is 2.13. The number of aliphatic hydroxyl groups excluding tert-OH is 1. The van der Waals surface area contributed by atoms with Gasteiger partial charge in [-0.3, -0.25) is 0 Å². The molecule has 1 rings (SSSR count). The monoisotopic (exact) mass is 245 g/mol. The summed E-state index contributed by atoms with van der Waals surface area (Å²) >= 11 is 0. The van der Waals surface area contributed by atoms with Crippen molar-refractivity contribution in [2.24, 2.45) is 11.8 Å². The molecule has 0 aromatic heterocycles. The van der Waals surface area contributed by atoms with E-state index in [1.165, 1.54) is 5.56 Å². The molecule has 0 radical (unpaired) electrons. The summed E-state index contributed by atoms with van der Waals surface area (Å²) in [6.45, 7) is 6.41. The predicted octanol–water partition coefficient (Wildman–Crippen LogP) is 3.86. The number of benzene rings is 1. The molecule has 2 atom stereocenters. The van der Waals surface area contributed by atoms with Crippen LogP contribution in [0.3, 0.4) is 0 Å². The van der Waals surface area contributed by atoms with Crippen molar-refractivity contribution < 1.29 is 5.11 Å². The molecule has 0 aliphatic heterocycles. The van der Waals surface area contributed by atoms with E-state index in [1.54, 1.807) is 0 Å². The molecule has 0 fully saturated rings. The van der Waals surface area contributed by atoms with Gasteiger partial charge < -0.3 is 5.11 Å². The zero-order valence-electron chi connectivity index (χ0n) is 11.6. The molecule has 0 bridgehead atoms. The second-order valence-electron chi connectivity index (χ2n) is 5.31. The van der Waals surface area contributed by atoms with Gasteiger partial charge in [-0.1, -0.05) is 51.5 Å². The molecule has 0 amide bonds. The van der Waals surface area contributed by atoms with E-state index < -0.39 is 6.10 Å². The minimum absolute atomic E-state index is 0.300. The van der Waals surface area contributed by atoms with E-state index in [-0.39, 0.29) is 5.92 Å². The van der Waals surface area contributed by atoms with E-state index >= 15 is 0 Å². The minimum atomic E-state index is -0.664. The van der Waals surface area contributed by atoms with Gasteiger partial charge in [0.25, 0.3) is 0 Å². The van der Waals surface area contributed by atoms with Crippen molar-refractivity contribution in [3.63, 3.8) is 0 Å². The van der Waals surface area contributed by atoms with Gasteiger partial charge in [-0.05, 0) is 29.9 Å². The van der Waals surface area contributed by atoms with Crippen molar-refractivity contribution in [3.05, 3.63) is 35.4 Å². The normalized spacial score (nSPS) is 14.2. The Hall–Kier alpha value is -1.33. The molecule has 1 aromatic rings. The fourth-order valence-electron chi connectivity index (χ4n) is 2.16. The Morgan fingerprint density at radius 2 is 1.83 bits per heavy atom. The van der Waals surface area contributed by atoms with Gasteiger partial charge in [0.15, 0.2) is 0 Å². The molecule has 2 heteroatoms. The summed E-state index contributed by atoms with van der Waals surface area (Å²) in [4.78, 5) is 0. The highest BCUT2D eigenvalue weighted by atomic mass is 16.3. The highest BCUT2D eigenvalue weighted by molar-refractivity contribution is 5.25. The van der Waals surface area contributed by atoms with Gasteiger partial charge in [-0.15, -0.1) is 0 Å². The van der Waals surface area contributed by atoms with E-state index in [4.69, 9.17) is 5.26 Å². The number of aliphatic hydroxyl groups is 1. The molecule has 2 unspecified atom stereocenters. The lowest BCUT2D eigenvalue weighted by Gasteiger charge is -2.16. The van der Waals surface area contributed by atoms with Crippen LogP contribution in [0.4, 0.5) is 0 Å². The van der Waals surface area contributed by atoms with Crippen LogP contribution in [0.15, 0.2) is 24.3 Å². The topological polar surface area (TPSA) is 44.0 Å². The Morgan fingerprint density at radius 3 is 2.28 bits per heavy atom. The maximum Gasteiger partial charge on any atom is 0.0948 e. The molecular weight excluding hydrogens is 222 g/mol. The highest BCUT2D eigenvalue weighted by Gasteiger charge is 2.19. The van der Waals surface area contributed by atoms with Crippen LogP contribution in [0.25, 0.3) is 0 Å². The first kappa shape index (κ1) is 14.7. The summed E-state index contributed by atoms with van der Waals surface area (Å²) in [5, 5.41) is 19.2. The first-order chi connectivity index (χ1) is 8.58. The van der Waals surface area contributed by atoms with E-state index in [2.05, 4.69) is 32.0 Å². The van der Waals surface area contributed by atoms with Gasteiger partial charge in [-0.2, -0.15) is 5.26 Å². The van der Waals surface area contributed by atoms with Gasteiger partial charge in [0.05, 0.1) is 18.1 Å². The van der Waals surface area contributed by atoms with Crippen molar-refractivity contribution in [2.45, 2.75) is 46.1 Å². The third kappa shape index (κ3) is 4.16. The third-order valence-corrected chi connectivity index (χ3v) is 3.11. The number of nitriles is 1. The Kier molecular flexibility index (Phi) is 5.88. The van der Waals surface area contributed by atoms with Crippen LogP contribution in [0.5, 0.6) is 0 Å². The second-order valence-corrected chi connectivity index (χ2v) is 5.31. The SMILES string of the molecule is CCCC(C#N)C(O)c1ccc(CC(C)C)cc1. The van der Waals surface area contributed by atoms with Crippen LogP contribution in [-0.2, 0) is 6.42 Å². The summed E-state index contributed by atoms with van der Waals surface area (Å²) in [5.74, 6) is 0.332. The molecule has 0 aliphatic rings. The molecule has 0 aliphatic carbocycles. The van der Waals surface area contributed by atoms with Gasteiger partial charge in [-0.25, -0.2) is 0 Å². The van der Waals surface area contributed by atoms with Crippen molar-refractivity contribution in [3.8, 4) is 6.07 Å². The maximum absolute atomic E-state index is 10.2. The molecule has 0 saturated heterocycles. The van der Waals surface area contributed by atoms with E-state index in [0.717, 1.165) is 24.8 Å². The van der Waals surface area contributed by atoms with Crippen molar-refractivity contribution >= 4 is 0 Å². The first-order valence-corrected chi connectivity index (χ1v) is 6.75. The molecule has 1 N–H and O–H groups in total. The van der Waals surface area contributed by atoms with Crippen LogP contribution in [-0.4, -0.2) is 5.11 Å². The number of hydrogen-bond acceptors (Lipinski definition) is 2. The van der Waals surface area contributed by atoms with Crippen LogP contribution < -0.4 is 0 Å². The van der Waals surface area contributed by atoms with Gasteiger partial charge in [0.2, 0.25) is 0 Å². The summed E-state index contributed by atoms with van der Waals surface area (Å²) < 4.78 is 0. The quantitative estimate of drug-likeness (QED) is 0.827. The lowest BCUT2D eigenvalue weighted by molar-refractivity contribution is 0.130. The molecule has 2 nitrogen and oxygen atoms in total. The predicted molar refractivity (Wildman–Crippen MR) is 74.0 cm³/mol. The number of nitrogens with zero attached hydrogens (tertiary/aromatic N) is 1. The molecule has 0 heterocycles. The zero-order chi connectivity index (χ0) is 13.5. The molecule has 0 saturated carbocycles. The summed E-state index contributed by atoms with van der Waals surface area (Å²) in [6, 6.07) is 10.2. The average Bonchev–Trinajstić information content (AvgIpc) is 2.35. The third-order valence-electron chi connectivity index (χ3n) is 3.11. The highest BCUT2D eigenvalue weighted by Crippen LogP contribution is 2.25. The smallest absolute Gasteiger partial charge is 0.0948 e. The van der Waals surface area contributed by atoms with Gasteiger partial charge in [0.1, 0.15) is 0 Å². The number of rotatable bonds is 6. The van der Waals surface area contributed by atoms with Crippen LogP contribution in [0.1, 0.15) is 50.8 Å². The maximum atomic E-state index is 10.2. The van der Waals surface area contributed by atoms with Crippen LogP contribution >= 0.6 is 0 Å². The lowest BCUT2D eigenvalue weighted by atomic mass is 9.92. The Morgan fingerprint density at radius 1 is 1.22 bits per heavy atom. The van der Waals surface area contributed by atoms with Crippen molar-refractivity contribution in [1.29, 1.82) is 5.26 Å². The second kappa shape index (κ2) is 7.18. The summed E-state index contributed by atoms with van der Waals surface area (Å²) in [7, 11) is 0. The first-order valence-electron chi connectivity index (χ1n) is 6.75. The molecular formula is C16H23NO. The zero-order valence-corrected chi connectivity index (χ0v) is 11.6. The van der Waals surface area contributed by atoms with Crippen LogP contribution in [0.2, 0.25) is 0 Å². The number of hydrogen-bond donors (Lipinski definition) is 1. The van der Waals surface area contributed by atoms with Gasteiger partial charge in [0, 0.05) is 0 Å². The van der Waals surface area contributed by atoms with Crippen molar-refractivity contribution in [1.82, 2.24) is 0 Å². The molecule has 1 aromatic carbocycles. The van der Waals surface area contributed by atoms with Crippen LogP contribution in [0, 0.1) is 23.2 Å².